The highest BCUT2D eigenvalue weighted by atomic mass is 16.2. The van der Waals surface area contributed by atoms with Crippen LogP contribution in [0.15, 0.2) is 0 Å². The van der Waals surface area contributed by atoms with Crippen LogP contribution in [0.4, 0.5) is 0 Å². The molecule has 1 heterocycles. The molecule has 3 nitrogen and oxygen atoms in total. The molecule has 0 bridgehead atoms. The van der Waals surface area contributed by atoms with E-state index < -0.39 is 0 Å². The Morgan fingerprint density at radius 3 is 2.57 bits per heavy atom. The molecule has 0 aromatic carbocycles. The molecular formula is C18H34N2O. The quantitative estimate of drug-likeness (QED) is 0.837. The lowest BCUT2D eigenvalue weighted by Crippen LogP contribution is -2.47. The van der Waals surface area contributed by atoms with Gasteiger partial charge in [-0.15, -0.1) is 0 Å². The van der Waals surface area contributed by atoms with Crippen LogP contribution in [0.25, 0.3) is 0 Å². The van der Waals surface area contributed by atoms with Gasteiger partial charge in [-0.25, -0.2) is 0 Å². The number of rotatable bonds is 5. The molecule has 2 rings (SSSR count). The summed E-state index contributed by atoms with van der Waals surface area (Å²) >= 11 is 0. The average Bonchev–Trinajstić information content (AvgIpc) is 2.74. The molecule has 1 aliphatic heterocycles. The minimum Gasteiger partial charge on any atom is -0.323 e. The third-order valence-corrected chi connectivity index (χ3v) is 5.44. The van der Waals surface area contributed by atoms with Crippen molar-refractivity contribution in [3.05, 3.63) is 0 Å². The van der Waals surface area contributed by atoms with Gasteiger partial charge in [0.15, 0.2) is 0 Å². The third-order valence-electron chi connectivity index (χ3n) is 5.44. The first-order valence-electron chi connectivity index (χ1n) is 9.02. The highest BCUT2D eigenvalue weighted by Crippen LogP contribution is 2.33. The highest BCUT2D eigenvalue weighted by molar-refractivity contribution is 5.85. The van der Waals surface area contributed by atoms with Crippen molar-refractivity contribution in [3.63, 3.8) is 0 Å². The fourth-order valence-electron chi connectivity index (χ4n) is 4.03. The van der Waals surface area contributed by atoms with Gasteiger partial charge in [0.25, 0.3) is 0 Å². The molecule has 5 atom stereocenters. The van der Waals surface area contributed by atoms with Crippen molar-refractivity contribution in [2.24, 2.45) is 17.8 Å². The molecule has 0 radical (unpaired) electrons. The molecule has 3 heteroatoms. The lowest BCUT2D eigenvalue weighted by atomic mass is 9.85. The smallest absolute Gasteiger partial charge is 0.241 e. The molecule has 1 saturated heterocycles. The zero-order valence-corrected chi connectivity index (χ0v) is 14.6. The van der Waals surface area contributed by atoms with Crippen LogP contribution in [0.1, 0.15) is 73.1 Å². The molecule has 1 amide bonds. The van der Waals surface area contributed by atoms with Crippen LogP contribution in [0.2, 0.25) is 0 Å². The predicted molar refractivity (Wildman–Crippen MR) is 87.9 cm³/mol. The standard InChI is InChI=1S/C18H34N2O/c1-6-14(5)17-18(21)20(16(19-17)10-12(2)3)15-9-7-8-13(4)11-15/h12-17,19H,6-11H2,1-5H3. The summed E-state index contributed by atoms with van der Waals surface area (Å²) in [6, 6.07) is 0.502. The van der Waals surface area contributed by atoms with Gasteiger partial charge in [0.1, 0.15) is 0 Å². The monoisotopic (exact) mass is 294 g/mol. The fraction of sp³-hybridized carbons (Fsp3) is 0.944. The van der Waals surface area contributed by atoms with Crippen LogP contribution in [0, 0.1) is 17.8 Å². The van der Waals surface area contributed by atoms with Gasteiger partial charge in [-0.1, -0.05) is 53.9 Å². The highest BCUT2D eigenvalue weighted by Gasteiger charge is 2.44. The van der Waals surface area contributed by atoms with E-state index in [-0.39, 0.29) is 12.2 Å². The Bertz CT molecular complexity index is 355. The van der Waals surface area contributed by atoms with E-state index in [4.69, 9.17) is 0 Å². The largest absolute Gasteiger partial charge is 0.323 e. The van der Waals surface area contributed by atoms with Crippen molar-refractivity contribution in [2.45, 2.75) is 91.4 Å². The summed E-state index contributed by atoms with van der Waals surface area (Å²) in [6.45, 7) is 11.2. The molecule has 0 aromatic heterocycles. The van der Waals surface area contributed by atoms with Gasteiger partial charge in [-0.3, -0.25) is 10.1 Å². The fourth-order valence-corrected chi connectivity index (χ4v) is 4.03. The Labute approximate surface area is 130 Å². The molecule has 1 saturated carbocycles. The van der Waals surface area contributed by atoms with E-state index in [2.05, 4.69) is 44.8 Å². The van der Waals surface area contributed by atoms with Crippen LogP contribution < -0.4 is 5.32 Å². The first-order chi connectivity index (χ1) is 9.93. The van der Waals surface area contributed by atoms with E-state index in [1.54, 1.807) is 0 Å². The van der Waals surface area contributed by atoms with E-state index >= 15 is 0 Å². The lowest BCUT2D eigenvalue weighted by Gasteiger charge is -2.38. The maximum atomic E-state index is 13.0. The van der Waals surface area contributed by atoms with E-state index in [0.29, 0.717) is 23.8 Å². The Balaban J connectivity index is 2.15. The summed E-state index contributed by atoms with van der Waals surface area (Å²) in [5, 5.41) is 3.66. The lowest BCUT2D eigenvalue weighted by molar-refractivity contribution is -0.134. The molecule has 1 aliphatic carbocycles. The van der Waals surface area contributed by atoms with Gasteiger partial charge in [-0.05, 0) is 37.0 Å². The summed E-state index contributed by atoms with van der Waals surface area (Å²) in [4.78, 5) is 15.2. The minimum atomic E-state index is 0.0379. The number of carbonyl (C=O) groups excluding carboxylic acids is 1. The molecule has 2 aliphatic rings. The summed E-state index contributed by atoms with van der Waals surface area (Å²) in [7, 11) is 0. The van der Waals surface area contributed by atoms with Crippen LogP contribution in [0.3, 0.4) is 0 Å². The summed E-state index contributed by atoms with van der Waals surface area (Å²) in [6.07, 6.45) is 7.38. The zero-order chi connectivity index (χ0) is 15.6. The average molecular weight is 294 g/mol. The first-order valence-corrected chi connectivity index (χ1v) is 9.02. The van der Waals surface area contributed by atoms with Crippen molar-refractivity contribution in [3.8, 4) is 0 Å². The maximum Gasteiger partial charge on any atom is 0.241 e. The summed E-state index contributed by atoms with van der Waals surface area (Å²) in [5.41, 5.74) is 0. The van der Waals surface area contributed by atoms with Crippen LogP contribution in [-0.2, 0) is 4.79 Å². The Morgan fingerprint density at radius 1 is 1.29 bits per heavy atom. The van der Waals surface area contributed by atoms with Crippen LogP contribution >= 0.6 is 0 Å². The second-order valence-electron chi connectivity index (χ2n) is 7.85. The minimum absolute atomic E-state index is 0.0379. The van der Waals surface area contributed by atoms with Crippen molar-refractivity contribution in [2.75, 3.05) is 0 Å². The van der Waals surface area contributed by atoms with Gasteiger partial charge in [0.05, 0.1) is 12.2 Å². The topological polar surface area (TPSA) is 32.3 Å². The molecule has 2 fully saturated rings. The second-order valence-corrected chi connectivity index (χ2v) is 7.85. The number of carbonyl (C=O) groups is 1. The number of amides is 1. The Kier molecular flexibility index (Phi) is 5.70. The van der Waals surface area contributed by atoms with Crippen molar-refractivity contribution in [1.82, 2.24) is 10.2 Å². The normalized spacial score (nSPS) is 35.5. The molecule has 1 N–H and O–H groups in total. The van der Waals surface area contributed by atoms with Crippen LogP contribution in [-0.4, -0.2) is 29.1 Å². The van der Waals surface area contributed by atoms with E-state index in [0.717, 1.165) is 18.8 Å². The third kappa shape index (κ3) is 3.80. The molecule has 0 aromatic rings. The number of hydrogen-bond donors (Lipinski definition) is 1. The predicted octanol–water partition coefficient (Wildman–Crippen LogP) is 3.78. The number of hydrogen-bond acceptors (Lipinski definition) is 2. The summed E-state index contributed by atoms with van der Waals surface area (Å²) in [5.74, 6) is 2.18. The van der Waals surface area contributed by atoms with Crippen molar-refractivity contribution < 1.29 is 4.79 Å². The number of nitrogens with zero attached hydrogens (tertiary/aromatic N) is 1. The second kappa shape index (κ2) is 7.13. The van der Waals surface area contributed by atoms with Crippen molar-refractivity contribution >= 4 is 5.91 Å². The Hall–Kier alpha value is -0.570. The molecule has 0 spiro atoms. The van der Waals surface area contributed by atoms with Crippen molar-refractivity contribution in [1.29, 1.82) is 0 Å². The molecule has 21 heavy (non-hydrogen) atoms. The first kappa shape index (κ1) is 16.8. The SMILES string of the molecule is CCC(C)C1NC(CC(C)C)N(C2CCCC(C)C2)C1=O. The van der Waals surface area contributed by atoms with E-state index in [9.17, 15) is 4.79 Å². The summed E-state index contributed by atoms with van der Waals surface area (Å²) < 4.78 is 0. The molecule has 122 valence electrons. The van der Waals surface area contributed by atoms with E-state index in [1.807, 2.05) is 0 Å². The molecule has 5 unspecified atom stereocenters. The van der Waals surface area contributed by atoms with Gasteiger partial charge in [0, 0.05) is 6.04 Å². The molecular weight excluding hydrogens is 260 g/mol. The van der Waals surface area contributed by atoms with E-state index in [1.165, 1.54) is 25.7 Å². The Morgan fingerprint density at radius 2 is 2.00 bits per heavy atom. The van der Waals surface area contributed by atoms with Crippen LogP contribution in [0.5, 0.6) is 0 Å². The van der Waals surface area contributed by atoms with Gasteiger partial charge >= 0.3 is 0 Å². The van der Waals surface area contributed by atoms with Gasteiger partial charge < -0.3 is 4.90 Å². The maximum absolute atomic E-state index is 13.0. The zero-order valence-electron chi connectivity index (χ0n) is 14.6. The van der Waals surface area contributed by atoms with Gasteiger partial charge in [-0.2, -0.15) is 0 Å². The number of nitrogens with one attached hydrogen (secondary N) is 1. The van der Waals surface area contributed by atoms with Gasteiger partial charge in [0.2, 0.25) is 5.91 Å².